The van der Waals surface area contributed by atoms with Crippen molar-refractivity contribution < 1.29 is 13.9 Å². The van der Waals surface area contributed by atoms with Gasteiger partial charge in [0.05, 0.1) is 17.2 Å². The summed E-state index contributed by atoms with van der Waals surface area (Å²) >= 11 is 1.29. The van der Waals surface area contributed by atoms with Crippen LogP contribution >= 0.6 is 11.8 Å². The van der Waals surface area contributed by atoms with Crippen LogP contribution in [0.1, 0.15) is 12.5 Å². The summed E-state index contributed by atoms with van der Waals surface area (Å²) < 4.78 is 18.6. The number of carbonyl (C=O) groups excluding carboxylic acids is 1. The largest absolute Gasteiger partial charge is 0.493 e. The van der Waals surface area contributed by atoms with Crippen LogP contribution in [0.15, 0.2) is 58.4 Å². The van der Waals surface area contributed by atoms with E-state index < -0.39 is 0 Å². The number of rotatable bonds is 4. The Bertz CT molecular complexity index is 847. The highest BCUT2D eigenvalue weighted by Gasteiger charge is 2.30. The summed E-state index contributed by atoms with van der Waals surface area (Å²) in [4.78, 5) is 19.0. The maximum absolute atomic E-state index is 13.0. The zero-order valence-corrected chi connectivity index (χ0v) is 14.7. The van der Waals surface area contributed by atoms with Gasteiger partial charge >= 0.3 is 0 Å². The van der Waals surface area contributed by atoms with Crippen molar-refractivity contribution >= 4 is 34.6 Å². The van der Waals surface area contributed by atoms with Gasteiger partial charge in [0.25, 0.3) is 5.91 Å². The summed E-state index contributed by atoms with van der Waals surface area (Å²) in [5.74, 6) is 0.287. The van der Waals surface area contributed by atoms with Crippen LogP contribution in [-0.4, -0.2) is 29.6 Å². The SMILES string of the molecule is CCOc1ccccc1/C=C1/SC(=Nc2ccc(F)cc2)N(C)C1=O. The Morgan fingerprint density at radius 1 is 1.20 bits per heavy atom. The Hall–Kier alpha value is -2.60. The molecule has 0 spiro atoms. The number of amidine groups is 1. The number of carbonyl (C=O) groups is 1. The molecule has 1 heterocycles. The minimum Gasteiger partial charge on any atom is -0.493 e. The number of likely N-dealkylation sites (N-methyl/N-ethyl adjacent to an activating group) is 1. The van der Waals surface area contributed by atoms with Gasteiger partial charge in [-0.2, -0.15) is 0 Å². The molecule has 1 saturated heterocycles. The summed E-state index contributed by atoms with van der Waals surface area (Å²) in [6, 6.07) is 13.4. The predicted octanol–water partition coefficient (Wildman–Crippen LogP) is 4.46. The fourth-order valence-electron chi connectivity index (χ4n) is 2.31. The van der Waals surface area contributed by atoms with Crippen molar-refractivity contribution in [3.05, 3.63) is 64.8 Å². The first-order valence-corrected chi connectivity index (χ1v) is 8.64. The van der Waals surface area contributed by atoms with E-state index in [9.17, 15) is 9.18 Å². The second-order valence-electron chi connectivity index (χ2n) is 5.32. The number of nitrogens with zero attached hydrogens (tertiary/aromatic N) is 2. The van der Waals surface area contributed by atoms with Crippen LogP contribution in [0.2, 0.25) is 0 Å². The maximum atomic E-state index is 13.0. The molecular weight excluding hydrogens is 339 g/mol. The van der Waals surface area contributed by atoms with Gasteiger partial charge in [-0.25, -0.2) is 9.38 Å². The van der Waals surface area contributed by atoms with Crippen LogP contribution < -0.4 is 4.74 Å². The minimum atomic E-state index is -0.319. The molecule has 0 N–H and O–H groups in total. The lowest BCUT2D eigenvalue weighted by molar-refractivity contribution is -0.121. The van der Waals surface area contributed by atoms with E-state index in [0.29, 0.717) is 22.4 Å². The van der Waals surface area contributed by atoms with Crippen LogP contribution in [0, 0.1) is 5.82 Å². The third-order valence-electron chi connectivity index (χ3n) is 3.56. The monoisotopic (exact) mass is 356 g/mol. The molecule has 2 aromatic rings. The number of hydrogen-bond donors (Lipinski definition) is 0. The van der Waals surface area contributed by atoms with Crippen molar-refractivity contribution in [1.82, 2.24) is 4.90 Å². The molecule has 1 aliphatic rings. The molecule has 3 rings (SSSR count). The number of ether oxygens (including phenoxy) is 1. The average Bonchev–Trinajstić information content (AvgIpc) is 2.87. The molecule has 0 saturated carbocycles. The first kappa shape index (κ1) is 17.2. The fourth-order valence-corrected chi connectivity index (χ4v) is 3.28. The minimum absolute atomic E-state index is 0.128. The van der Waals surface area contributed by atoms with E-state index in [2.05, 4.69) is 4.99 Å². The molecule has 2 aromatic carbocycles. The topological polar surface area (TPSA) is 41.9 Å². The molecular formula is C19H17FN2O2S. The molecule has 25 heavy (non-hydrogen) atoms. The van der Waals surface area contributed by atoms with Crippen LogP contribution in [0.5, 0.6) is 5.75 Å². The second-order valence-corrected chi connectivity index (χ2v) is 6.33. The van der Waals surface area contributed by atoms with E-state index in [4.69, 9.17) is 4.74 Å². The molecule has 0 bridgehead atoms. The van der Waals surface area contributed by atoms with Gasteiger partial charge in [0.1, 0.15) is 11.6 Å². The number of thioether (sulfide) groups is 1. The molecule has 0 unspecified atom stereocenters. The lowest BCUT2D eigenvalue weighted by Gasteiger charge is -2.07. The summed E-state index contributed by atoms with van der Waals surface area (Å²) in [6.45, 7) is 2.47. The molecule has 6 heteroatoms. The van der Waals surface area contributed by atoms with Crippen LogP contribution in [0.25, 0.3) is 6.08 Å². The van der Waals surface area contributed by atoms with E-state index in [1.807, 2.05) is 37.3 Å². The van der Waals surface area contributed by atoms with Gasteiger partial charge in [0, 0.05) is 12.6 Å². The molecule has 0 atom stereocenters. The molecule has 1 fully saturated rings. The highest BCUT2D eigenvalue weighted by Crippen LogP contribution is 2.34. The van der Waals surface area contributed by atoms with Gasteiger partial charge < -0.3 is 4.74 Å². The van der Waals surface area contributed by atoms with Gasteiger partial charge in [0.2, 0.25) is 0 Å². The van der Waals surface area contributed by atoms with E-state index in [-0.39, 0.29) is 11.7 Å². The highest BCUT2D eigenvalue weighted by atomic mass is 32.2. The third-order valence-corrected chi connectivity index (χ3v) is 4.62. The number of para-hydroxylation sites is 1. The van der Waals surface area contributed by atoms with Gasteiger partial charge in [-0.15, -0.1) is 0 Å². The van der Waals surface area contributed by atoms with Crippen molar-refractivity contribution in [2.75, 3.05) is 13.7 Å². The Kier molecular flexibility index (Phi) is 5.19. The number of aliphatic imine (C=N–C) groups is 1. The first-order chi connectivity index (χ1) is 12.1. The molecule has 0 aromatic heterocycles. The number of halogens is 1. The normalized spacial score (nSPS) is 17.6. The molecule has 128 valence electrons. The van der Waals surface area contributed by atoms with Crippen molar-refractivity contribution in [3.63, 3.8) is 0 Å². The van der Waals surface area contributed by atoms with Crippen molar-refractivity contribution in [2.24, 2.45) is 4.99 Å². The van der Waals surface area contributed by atoms with Crippen molar-refractivity contribution in [3.8, 4) is 5.75 Å². The quantitative estimate of drug-likeness (QED) is 0.760. The summed E-state index contributed by atoms with van der Waals surface area (Å²) in [5.41, 5.74) is 1.44. The maximum Gasteiger partial charge on any atom is 0.266 e. The smallest absolute Gasteiger partial charge is 0.266 e. The molecule has 0 aliphatic carbocycles. The highest BCUT2D eigenvalue weighted by molar-refractivity contribution is 8.18. The Morgan fingerprint density at radius 3 is 2.64 bits per heavy atom. The van der Waals surface area contributed by atoms with Gasteiger partial charge in [-0.3, -0.25) is 9.69 Å². The summed E-state index contributed by atoms with van der Waals surface area (Å²) in [6.07, 6.45) is 1.81. The van der Waals surface area contributed by atoms with E-state index in [1.54, 1.807) is 19.2 Å². The molecule has 1 amide bonds. The fraction of sp³-hybridized carbons (Fsp3) is 0.158. The van der Waals surface area contributed by atoms with Crippen molar-refractivity contribution in [1.29, 1.82) is 0 Å². The Morgan fingerprint density at radius 2 is 1.92 bits per heavy atom. The Labute approximate surface area is 150 Å². The lowest BCUT2D eigenvalue weighted by Crippen LogP contribution is -2.23. The number of hydrogen-bond acceptors (Lipinski definition) is 4. The number of amides is 1. The van der Waals surface area contributed by atoms with Gasteiger partial charge in [-0.05, 0) is 55.1 Å². The molecule has 1 aliphatic heterocycles. The van der Waals surface area contributed by atoms with Crippen LogP contribution in [0.4, 0.5) is 10.1 Å². The van der Waals surface area contributed by atoms with Crippen molar-refractivity contribution in [2.45, 2.75) is 6.92 Å². The van der Waals surface area contributed by atoms with Gasteiger partial charge in [0.15, 0.2) is 5.17 Å². The third kappa shape index (κ3) is 3.91. The van der Waals surface area contributed by atoms with Gasteiger partial charge in [-0.1, -0.05) is 18.2 Å². The lowest BCUT2D eigenvalue weighted by atomic mass is 10.2. The molecule has 0 radical (unpaired) electrons. The van der Waals surface area contributed by atoms with E-state index >= 15 is 0 Å². The van der Waals surface area contributed by atoms with E-state index in [0.717, 1.165) is 11.3 Å². The average molecular weight is 356 g/mol. The summed E-state index contributed by atoms with van der Waals surface area (Å²) in [7, 11) is 1.67. The van der Waals surface area contributed by atoms with Crippen LogP contribution in [0.3, 0.4) is 0 Å². The second kappa shape index (κ2) is 7.53. The predicted molar refractivity (Wildman–Crippen MR) is 99.4 cm³/mol. The number of benzene rings is 2. The zero-order valence-electron chi connectivity index (χ0n) is 13.9. The first-order valence-electron chi connectivity index (χ1n) is 7.82. The molecule has 4 nitrogen and oxygen atoms in total. The zero-order chi connectivity index (χ0) is 17.8. The van der Waals surface area contributed by atoms with E-state index in [1.165, 1.54) is 28.8 Å². The Balaban J connectivity index is 1.90. The standard InChI is InChI=1S/C19H17FN2O2S/c1-3-24-16-7-5-4-6-13(16)12-17-18(23)22(2)19(25-17)21-15-10-8-14(20)9-11-15/h4-12H,3H2,1-2H3/b17-12+,21-19?. The summed E-state index contributed by atoms with van der Waals surface area (Å²) in [5, 5.41) is 0.553. The van der Waals surface area contributed by atoms with Crippen LogP contribution in [-0.2, 0) is 4.79 Å².